The first-order valence-corrected chi connectivity index (χ1v) is 6.11. The molecule has 1 aromatic carbocycles. The second-order valence-corrected chi connectivity index (χ2v) is 4.95. The van der Waals surface area contributed by atoms with Crippen LogP contribution >= 0.6 is 23.2 Å². The first-order chi connectivity index (χ1) is 7.50. The summed E-state index contributed by atoms with van der Waals surface area (Å²) in [5.41, 5.74) is 2.20. The molecule has 0 unspecified atom stereocenters. The number of halogens is 2. The molecular weight excluding hydrogens is 241 g/mol. The maximum absolute atomic E-state index is 6.10. The molecule has 16 heavy (non-hydrogen) atoms. The van der Waals surface area contributed by atoms with Crippen LogP contribution in [0.3, 0.4) is 0 Å². The van der Waals surface area contributed by atoms with Gasteiger partial charge in [0.2, 0.25) is 0 Å². The van der Waals surface area contributed by atoms with Crippen molar-refractivity contribution in [1.82, 2.24) is 5.32 Å². The molecule has 1 rings (SSSR count). The Morgan fingerprint density at radius 1 is 1.38 bits per heavy atom. The number of benzene rings is 1. The van der Waals surface area contributed by atoms with Crippen LogP contribution in [0.4, 0.5) is 0 Å². The van der Waals surface area contributed by atoms with Crippen molar-refractivity contribution in [2.24, 2.45) is 0 Å². The van der Waals surface area contributed by atoms with E-state index in [-0.39, 0.29) is 0 Å². The Bertz CT molecular complexity index is 384. The van der Waals surface area contributed by atoms with E-state index in [0.29, 0.717) is 16.1 Å². The molecule has 0 saturated heterocycles. The van der Waals surface area contributed by atoms with Gasteiger partial charge in [0, 0.05) is 12.6 Å². The van der Waals surface area contributed by atoms with E-state index in [1.54, 1.807) is 6.07 Å². The van der Waals surface area contributed by atoms with Gasteiger partial charge in [-0.3, -0.25) is 0 Å². The molecule has 0 aliphatic heterocycles. The highest BCUT2D eigenvalue weighted by Crippen LogP contribution is 2.26. The smallest absolute Gasteiger partial charge is 0.0664 e. The van der Waals surface area contributed by atoms with Gasteiger partial charge in [0.05, 0.1) is 10.0 Å². The summed E-state index contributed by atoms with van der Waals surface area (Å²) in [5, 5.41) is 4.57. The van der Waals surface area contributed by atoms with Crippen LogP contribution in [0.5, 0.6) is 0 Å². The van der Waals surface area contributed by atoms with E-state index in [2.05, 4.69) is 32.2 Å². The van der Waals surface area contributed by atoms with Crippen molar-refractivity contribution < 1.29 is 0 Å². The standard InChI is InChI=1S/C13H17Cl2N/c1-9(2)16-8-10(3)7-11-5-4-6-12(14)13(11)15/h4-7,9,16H,8H2,1-3H3. The zero-order valence-corrected chi connectivity index (χ0v) is 11.4. The molecule has 0 aliphatic carbocycles. The van der Waals surface area contributed by atoms with Crippen LogP contribution in [0.2, 0.25) is 10.0 Å². The highest BCUT2D eigenvalue weighted by atomic mass is 35.5. The molecule has 0 spiro atoms. The van der Waals surface area contributed by atoms with Gasteiger partial charge >= 0.3 is 0 Å². The molecular formula is C13H17Cl2N. The van der Waals surface area contributed by atoms with Crippen LogP contribution < -0.4 is 5.32 Å². The second kappa shape index (κ2) is 6.29. The van der Waals surface area contributed by atoms with Gasteiger partial charge in [-0.1, -0.05) is 60.8 Å². The lowest BCUT2D eigenvalue weighted by molar-refractivity contribution is 0.623. The molecule has 0 amide bonds. The summed E-state index contributed by atoms with van der Waals surface area (Å²) in [5.74, 6) is 0. The van der Waals surface area contributed by atoms with E-state index in [4.69, 9.17) is 23.2 Å². The topological polar surface area (TPSA) is 12.0 Å². The summed E-state index contributed by atoms with van der Waals surface area (Å²) in [4.78, 5) is 0. The number of hydrogen-bond donors (Lipinski definition) is 1. The first kappa shape index (κ1) is 13.6. The Labute approximate surface area is 107 Å². The Kier molecular flexibility index (Phi) is 5.33. The number of hydrogen-bond acceptors (Lipinski definition) is 1. The van der Waals surface area contributed by atoms with E-state index in [1.807, 2.05) is 12.1 Å². The van der Waals surface area contributed by atoms with Crippen LogP contribution in [-0.4, -0.2) is 12.6 Å². The van der Waals surface area contributed by atoms with E-state index in [9.17, 15) is 0 Å². The molecule has 1 nitrogen and oxygen atoms in total. The van der Waals surface area contributed by atoms with Crippen molar-refractivity contribution in [2.75, 3.05) is 6.54 Å². The monoisotopic (exact) mass is 257 g/mol. The predicted octanol–water partition coefficient (Wildman–Crippen LogP) is 4.39. The quantitative estimate of drug-likeness (QED) is 0.844. The van der Waals surface area contributed by atoms with Crippen LogP contribution in [0.15, 0.2) is 23.8 Å². The molecule has 3 heteroatoms. The third-order valence-electron chi connectivity index (χ3n) is 2.17. The van der Waals surface area contributed by atoms with Crippen molar-refractivity contribution >= 4 is 29.3 Å². The molecule has 0 heterocycles. The fraction of sp³-hybridized carbons (Fsp3) is 0.385. The van der Waals surface area contributed by atoms with Gasteiger partial charge in [0.25, 0.3) is 0 Å². The van der Waals surface area contributed by atoms with Crippen molar-refractivity contribution in [2.45, 2.75) is 26.8 Å². The Morgan fingerprint density at radius 2 is 2.06 bits per heavy atom. The van der Waals surface area contributed by atoms with E-state index in [1.165, 1.54) is 5.57 Å². The summed E-state index contributed by atoms with van der Waals surface area (Å²) in [6.07, 6.45) is 2.06. The molecule has 1 aromatic rings. The lowest BCUT2D eigenvalue weighted by atomic mass is 10.1. The van der Waals surface area contributed by atoms with Crippen molar-refractivity contribution in [1.29, 1.82) is 0 Å². The fourth-order valence-corrected chi connectivity index (χ4v) is 1.68. The molecule has 0 atom stereocenters. The van der Waals surface area contributed by atoms with Gasteiger partial charge in [0.15, 0.2) is 0 Å². The second-order valence-electron chi connectivity index (χ2n) is 4.17. The summed E-state index contributed by atoms with van der Waals surface area (Å²) in [6, 6.07) is 6.15. The highest BCUT2D eigenvalue weighted by Gasteiger charge is 2.02. The lowest BCUT2D eigenvalue weighted by Gasteiger charge is -2.08. The molecule has 1 N–H and O–H groups in total. The van der Waals surface area contributed by atoms with E-state index < -0.39 is 0 Å². The molecule has 0 bridgehead atoms. The third kappa shape index (κ3) is 4.17. The predicted molar refractivity (Wildman–Crippen MR) is 73.3 cm³/mol. The third-order valence-corrected chi connectivity index (χ3v) is 3.01. The number of rotatable bonds is 4. The normalized spacial score (nSPS) is 12.2. The minimum atomic E-state index is 0.484. The first-order valence-electron chi connectivity index (χ1n) is 5.35. The molecule has 0 radical (unpaired) electrons. The van der Waals surface area contributed by atoms with Gasteiger partial charge in [-0.15, -0.1) is 0 Å². The van der Waals surface area contributed by atoms with Crippen molar-refractivity contribution in [3.63, 3.8) is 0 Å². The average molecular weight is 258 g/mol. The van der Waals surface area contributed by atoms with Crippen LogP contribution in [0, 0.1) is 0 Å². The molecule has 88 valence electrons. The molecule has 0 saturated carbocycles. The maximum atomic E-state index is 6.10. The van der Waals surface area contributed by atoms with Crippen LogP contribution in [-0.2, 0) is 0 Å². The molecule has 0 aromatic heterocycles. The Hall–Kier alpha value is -0.500. The SMILES string of the molecule is CC(=Cc1cccc(Cl)c1Cl)CNC(C)C. The van der Waals surface area contributed by atoms with Crippen LogP contribution in [0.25, 0.3) is 6.08 Å². The largest absolute Gasteiger partial charge is 0.311 e. The van der Waals surface area contributed by atoms with E-state index >= 15 is 0 Å². The lowest BCUT2D eigenvalue weighted by Crippen LogP contribution is -2.24. The van der Waals surface area contributed by atoms with Gasteiger partial charge in [0.1, 0.15) is 0 Å². The maximum Gasteiger partial charge on any atom is 0.0664 e. The molecule has 0 aliphatic rings. The molecule has 0 fully saturated rings. The summed E-state index contributed by atoms with van der Waals surface area (Å²) >= 11 is 12.1. The zero-order chi connectivity index (χ0) is 12.1. The van der Waals surface area contributed by atoms with Gasteiger partial charge < -0.3 is 5.32 Å². The van der Waals surface area contributed by atoms with Crippen molar-refractivity contribution in [3.05, 3.63) is 39.4 Å². The minimum Gasteiger partial charge on any atom is -0.311 e. The summed E-state index contributed by atoms with van der Waals surface area (Å²) in [7, 11) is 0. The Morgan fingerprint density at radius 3 is 2.69 bits per heavy atom. The van der Waals surface area contributed by atoms with Gasteiger partial charge in [-0.2, -0.15) is 0 Å². The average Bonchev–Trinajstić information content (AvgIpc) is 2.22. The van der Waals surface area contributed by atoms with Gasteiger partial charge in [-0.25, -0.2) is 0 Å². The van der Waals surface area contributed by atoms with Crippen LogP contribution in [0.1, 0.15) is 26.3 Å². The minimum absolute atomic E-state index is 0.484. The number of nitrogens with one attached hydrogen (secondary N) is 1. The van der Waals surface area contributed by atoms with Crippen molar-refractivity contribution in [3.8, 4) is 0 Å². The summed E-state index contributed by atoms with van der Waals surface area (Å²) < 4.78 is 0. The Balaban J connectivity index is 2.78. The highest BCUT2D eigenvalue weighted by molar-refractivity contribution is 6.42. The summed E-state index contributed by atoms with van der Waals surface area (Å²) in [6.45, 7) is 7.19. The fourth-order valence-electron chi connectivity index (χ4n) is 1.31. The zero-order valence-electron chi connectivity index (χ0n) is 9.85. The van der Waals surface area contributed by atoms with E-state index in [0.717, 1.165) is 12.1 Å². The van der Waals surface area contributed by atoms with Gasteiger partial charge in [-0.05, 0) is 18.6 Å².